The van der Waals surface area contributed by atoms with Crippen LogP contribution in [0, 0.1) is 5.92 Å². The molecule has 1 heterocycles. The molecule has 1 aliphatic rings. The van der Waals surface area contributed by atoms with Crippen molar-refractivity contribution in [1.29, 1.82) is 0 Å². The van der Waals surface area contributed by atoms with E-state index in [1.54, 1.807) is 0 Å². The predicted molar refractivity (Wildman–Crippen MR) is 57.3 cm³/mol. The molecule has 1 aliphatic carbocycles. The highest BCUT2D eigenvalue weighted by Gasteiger charge is 2.24. The van der Waals surface area contributed by atoms with Gasteiger partial charge in [0.05, 0.1) is 5.33 Å². The summed E-state index contributed by atoms with van der Waals surface area (Å²) in [6, 6.07) is 0. The SMILES string of the molecule is CC1CCC(c2nc(CBr)no2)CC1. The number of hydrogen-bond acceptors (Lipinski definition) is 3. The van der Waals surface area contributed by atoms with Crippen molar-refractivity contribution in [2.45, 2.75) is 43.9 Å². The molecule has 0 unspecified atom stereocenters. The minimum absolute atomic E-state index is 0.506. The van der Waals surface area contributed by atoms with Gasteiger partial charge in [-0.25, -0.2) is 0 Å². The smallest absolute Gasteiger partial charge is 0.229 e. The predicted octanol–water partition coefficient (Wildman–Crippen LogP) is 3.26. The Hall–Kier alpha value is -0.380. The minimum atomic E-state index is 0.506. The molecule has 14 heavy (non-hydrogen) atoms. The van der Waals surface area contributed by atoms with Gasteiger partial charge < -0.3 is 4.52 Å². The molecule has 4 heteroatoms. The fourth-order valence-electron chi connectivity index (χ4n) is 1.99. The monoisotopic (exact) mass is 258 g/mol. The van der Waals surface area contributed by atoms with Gasteiger partial charge in [-0.15, -0.1) is 0 Å². The molecule has 2 rings (SSSR count). The second-order valence-corrected chi connectivity index (χ2v) is 4.70. The van der Waals surface area contributed by atoms with Crippen LogP contribution in [0.25, 0.3) is 0 Å². The summed E-state index contributed by atoms with van der Waals surface area (Å²) in [6.07, 6.45) is 4.98. The highest BCUT2D eigenvalue weighted by atomic mass is 79.9. The minimum Gasteiger partial charge on any atom is -0.339 e. The van der Waals surface area contributed by atoms with E-state index in [4.69, 9.17) is 4.52 Å². The van der Waals surface area contributed by atoms with Crippen molar-refractivity contribution in [2.75, 3.05) is 0 Å². The van der Waals surface area contributed by atoms with E-state index >= 15 is 0 Å². The van der Waals surface area contributed by atoms with E-state index in [1.165, 1.54) is 25.7 Å². The van der Waals surface area contributed by atoms with Crippen LogP contribution in [0.4, 0.5) is 0 Å². The van der Waals surface area contributed by atoms with Crippen molar-refractivity contribution < 1.29 is 4.52 Å². The van der Waals surface area contributed by atoms with E-state index < -0.39 is 0 Å². The van der Waals surface area contributed by atoms with Crippen molar-refractivity contribution in [1.82, 2.24) is 10.1 Å². The van der Waals surface area contributed by atoms with Crippen LogP contribution in [0.5, 0.6) is 0 Å². The molecule has 3 nitrogen and oxygen atoms in total. The standard InChI is InChI=1S/C10H15BrN2O/c1-7-2-4-8(5-3-7)10-12-9(6-11)13-14-10/h7-8H,2-6H2,1H3. The van der Waals surface area contributed by atoms with Crippen molar-refractivity contribution in [3.05, 3.63) is 11.7 Å². The summed E-state index contributed by atoms with van der Waals surface area (Å²) >= 11 is 3.32. The van der Waals surface area contributed by atoms with E-state index in [2.05, 4.69) is 33.0 Å². The average molecular weight is 259 g/mol. The maximum atomic E-state index is 5.24. The van der Waals surface area contributed by atoms with Gasteiger partial charge in [-0.3, -0.25) is 0 Å². The Kier molecular flexibility index (Phi) is 3.21. The molecule has 1 saturated carbocycles. The summed E-state index contributed by atoms with van der Waals surface area (Å²) in [5, 5.41) is 4.58. The van der Waals surface area contributed by atoms with Crippen molar-refractivity contribution in [2.24, 2.45) is 5.92 Å². The van der Waals surface area contributed by atoms with Crippen LogP contribution >= 0.6 is 15.9 Å². The first-order valence-corrected chi connectivity index (χ1v) is 6.30. The normalized spacial score (nSPS) is 27.9. The molecule has 0 saturated heterocycles. The Balaban J connectivity index is 2.01. The second kappa shape index (κ2) is 4.43. The number of halogens is 1. The van der Waals surface area contributed by atoms with Crippen LogP contribution in [0.3, 0.4) is 0 Å². The second-order valence-electron chi connectivity index (χ2n) is 4.14. The van der Waals surface area contributed by atoms with Gasteiger partial charge in [-0.05, 0) is 31.6 Å². The summed E-state index contributed by atoms with van der Waals surface area (Å²) in [7, 11) is 0. The average Bonchev–Trinajstić information content (AvgIpc) is 2.67. The molecule has 0 amide bonds. The molecule has 1 aromatic heterocycles. The highest BCUT2D eigenvalue weighted by molar-refractivity contribution is 9.08. The van der Waals surface area contributed by atoms with Gasteiger partial charge in [0.25, 0.3) is 0 Å². The number of aromatic nitrogens is 2. The summed E-state index contributed by atoms with van der Waals surface area (Å²) < 4.78 is 5.24. The van der Waals surface area contributed by atoms with E-state index in [0.29, 0.717) is 11.2 Å². The van der Waals surface area contributed by atoms with Gasteiger partial charge in [0, 0.05) is 5.92 Å². The van der Waals surface area contributed by atoms with E-state index in [1.807, 2.05) is 0 Å². The zero-order chi connectivity index (χ0) is 9.97. The first-order chi connectivity index (χ1) is 6.79. The molecule has 0 radical (unpaired) electrons. The Morgan fingerprint density at radius 1 is 1.36 bits per heavy atom. The van der Waals surface area contributed by atoms with E-state index in [0.717, 1.165) is 17.6 Å². The Morgan fingerprint density at radius 3 is 2.64 bits per heavy atom. The fourth-order valence-corrected chi connectivity index (χ4v) is 2.22. The van der Waals surface area contributed by atoms with E-state index in [-0.39, 0.29) is 0 Å². The Bertz CT molecular complexity index is 292. The fraction of sp³-hybridized carbons (Fsp3) is 0.800. The molecule has 0 spiro atoms. The molecule has 1 fully saturated rings. The topological polar surface area (TPSA) is 38.9 Å². The van der Waals surface area contributed by atoms with E-state index in [9.17, 15) is 0 Å². The largest absolute Gasteiger partial charge is 0.339 e. The van der Waals surface area contributed by atoms with Gasteiger partial charge in [-0.2, -0.15) is 4.98 Å². The molecular formula is C10H15BrN2O. The van der Waals surface area contributed by atoms with Crippen LogP contribution in [0.15, 0.2) is 4.52 Å². The van der Waals surface area contributed by atoms with Crippen LogP contribution in [0.1, 0.15) is 50.2 Å². The lowest BCUT2D eigenvalue weighted by molar-refractivity contribution is 0.280. The first-order valence-electron chi connectivity index (χ1n) is 5.18. The van der Waals surface area contributed by atoms with Crippen molar-refractivity contribution in [3.8, 4) is 0 Å². The lowest BCUT2D eigenvalue weighted by Gasteiger charge is -2.22. The molecule has 0 bridgehead atoms. The molecular weight excluding hydrogens is 244 g/mol. The Labute approximate surface area is 92.4 Å². The van der Waals surface area contributed by atoms with Gasteiger partial charge in [0.2, 0.25) is 5.89 Å². The maximum Gasteiger partial charge on any atom is 0.229 e. The molecule has 0 aromatic carbocycles. The van der Waals surface area contributed by atoms with Gasteiger partial charge in [0.1, 0.15) is 0 Å². The number of hydrogen-bond donors (Lipinski definition) is 0. The summed E-state index contributed by atoms with van der Waals surface area (Å²) in [5.41, 5.74) is 0. The third kappa shape index (κ3) is 2.16. The number of rotatable bonds is 2. The summed E-state index contributed by atoms with van der Waals surface area (Å²) in [5.74, 6) is 2.97. The number of alkyl halides is 1. The molecule has 0 atom stereocenters. The third-order valence-electron chi connectivity index (χ3n) is 2.97. The van der Waals surface area contributed by atoms with Gasteiger partial charge in [-0.1, -0.05) is 28.0 Å². The Morgan fingerprint density at radius 2 is 2.07 bits per heavy atom. The lowest BCUT2D eigenvalue weighted by Crippen LogP contribution is -2.11. The van der Waals surface area contributed by atoms with Crippen LogP contribution in [-0.4, -0.2) is 10.1 Å². The molecule has 1 aromatic rings. The van der Waals surface area contributed by atoms with Gasteiger partial charge in [0.15, 0.2) is 5.82 Å². The highest BCUT2D eigenvalue weighted by Crippen LogP contribution is 2.34. The lowest BCUT2D eigenvalue weighted by atomic mass is 9.83. The summed E-state index contributed by atoms with van der Waals surface area (Å²) in [6.45, 7) is 2.31. The molecule has 0 N–H and O–H groups in total. The zero-order valence-corrected chi connectivity index (χ0v) is 9.96. The quantitative estimate of drug-likeness (QED) is 0.765. The number of nitrogens with zero attached hydrogens (tertiary/aromatic N) is 2. The van der Waals surface area contributed by atoms with Crippen LogP contribution in [-0.2, 0) is 5.33 Å². The van der Waals surface area contributed by atoms with Crippen molar-refractivity contribution >= 4 is 15.9 Å². The van der Waals surface area contributed by atoms with Crippen LogP contribution < -0.4 is 0 Å². The first kappa shape index (κ1) is 10.1. The third-order valence-corrected chi connectivity index (χ3v) is 3.47. The zero-order valence-electron chi connectivity index (χ0n) is 8.37. The van der Waals surface area contributed by atoms with Gasteiger partial charge >= 0.3 is 0 Å². The van der Waals surface area contributed by atoms with Crippen LogP contribution in [0.2, 0.25) is 0 Å². The molecule has 78 valence electrons. The van der Waals surface area contributed by atoms with Crippen molar-refractivity contribution in [3.63, 3.8) is 0 Å². The molecule has 0 aliphatic heterocycles. The summed E-state index contributed by atoms with van der Waals surface area (Å²) in [4.78, 5) is 4.35. The maximum absolute atomic E-state index is 5.24.